The van der Waals surface area contributed by atoms with Crippen LogP contribution in [0.25, 0.3) is 0 Å². The fourth-order valence-corrected chi connectivity index (χ4v) is 5.05. The Balaban J connectivity index is 1.58. The highest BCUT2D eigenvalue weighted by Gasteiger charge is 2.44. The molecule has 0 aromatic rings. The topological polar surface area (TPSA) is 67.8 Å². The molecule has 0 spiro atoms. The van der Waals surface area contributed by atoms with Crippen molar-refractivity contribution in [1.29, 1.82) is 0 Å². The Morgan fingerprint density at radius 1 is 1.21 bits per heavy atom. The van der Waals surface area contributed by atoms with Crippen LogP contribution in [0.15, 0.2) is 0 Å². The van der Waals surface area contributed by atoms with Crippen molar-refractivity contribution < 1.29 is 19.4 Å². The molecule has 5 atom stereocenters. The first-order chi connectivity index (χ1) is 11.6. The molecule has 0 amide bonds. The molecule has 0 aromatic carbocycles. The lowest BCUT2D eigenvalue weighted by Crippen LogP contribution is -2.40. The molecule has 2 saturated heterocycles. The van der Waals surface area contributed by atoms with Gasteiger partial charge in [0.05, 0.1) is 6.10 Å². The van der Waals surface area contributed by atoms with Crippen LogP contribution in [0.4, 0.5) is 0 Å². The monoisotopic (exact) mass is 339 g/mol. The van der Waals surface area contributed by atoms with Crippen LogP contribution < -0.4 is 5.32 Å². The van der Waals surface area contributed by atoms with Gasteiger partial charge in [-0.15, -0.1) is 0 Å². The predicted molar refractivity (Wildman–Crippen MR) is 91.7 cm³/mol. The van der Waals surface area contributed by atoms with E-state index in [0.717, 1.165) is 32.4 Å². The van der Waals surface area contributed by atoms with Crippen molar-refractivity contribution in [2.45, 2.75) is 83.1 Å². The number of aliphatic carboxylic acids is 1. The van der Waals surface area contributed by atoms with Crippen molar-refractivity contribution in [3.05, 3.63) is 0 Å². The van der Waals surface area contributed by atoms with E-state index in [2.05, 4.69) is 12.2 Å². The second kappa shape index (κ2) is 8.63. The Labute approximate surface area is 145 Å². The molecular formula is C19H33NO4. The first-order valence-electron chi connectivity index (χ1n) is 9.88. The number of hydrogen-bond acceptors (Lipinski definition) is 4. The van der Waals surface area contributed by atoms with Gasteiger partial charge in [0.1, 0.15) is 6.04 Å². The lowest BCUT2D eigenvalue weighted by atomic mass is 9.71. The lowest BCUT2D eigenvalue weighted by Gasteiger charge is -2.34. The van der Waals surface area contributed by atoms with Crippen molar-refractivity contribution in [1.82, 2.24) is 5.32 Å². The Morgan fingerprint density at radius 2 is 1.96 bits per heavy atom. The number of carboxylic acids is 1. The maximum atomic E-state index is 11.7. The number of carboxylic acid groups (broad SMARTS) is 1. The first-order valence-corrected chi connectivity index (χ1v) is 9.88. The van der Waals surface area contributed by atoms with Gasteiger partial charge < -0.3 is 19.9 Å². The van der Waals surface area contributed by atoms with Gasteiger partial charge in [0.2, 0.25) is 0 Å². The SMILES string of the molecule is CC(CC1CN[C@H](C(=O)O)C1C1CCCCC1)OC1CCCCO1. The molecule has 3 fully saturated rings. The summed E-state index contributed by atoms with van der Waals surface area (Å²) in [6.07, 6.45) is 10.5. The molecule has 138 valence electrons. The van der Waals surface area contributed by atoms with Crippen LogP contribution >= 0.6 is 0 Å². The smallest absolute Gasteiger partial charge is 0.321 e. The fraction of sp³-hybridized carbons (Fsp3) is 0.947. The minimum atomic E-state index is -0.683. The normalized spacial score (nSPS) is 36.5. The summed E-state index contributed by atoms with van der Waals surface area (Å²) in [4.78, 5) is 11.7. The van der Waals surface area contributed by atoms with E-state index in [-0.39, 0.29) is 24.4 Å². The molecule has 3 aliphatic rings. The van der Waals surface area contributed by atoms with E-state index < -0.39 is 5.97 Å². The highest BCUT2D eigenvalue weighted by atomic mass is 16.7. The highest BCUT2D eigenvalue weighted by molar-refractivity contribution is 5.74. The van der Waals surface area contributed by atoms with E-state index in [0.29, 0.717) is 11.8 Å². The molecule has 24 heavy (non-hydrogen) atoms. The van der Waals surface area contributed by atoms with Gasteiger partial charge in [0.25, 0.3) is 0 Å². The van der Waals surface area contributed by atoms with E-state index in [1.54, 1.807) is 0 Å². The molecule has 2 aliphatic heterocycles. The third kappa shape index (κ3) is 4.50. The quantitative estimate of drug-likeness (QED) is 0.778. The Bertz CT molecular complexity index is 404. The number of rotatable bonds is 6. The van der Waals surface area contributed by atoms with Crippen LogP contribution in [-0.2, 0) is 14.3 Å². The van der Waals surface area contributed by atoms with Gasteiger partial charge in [-0.05, 0) is 56.9 Å². The van der Waals surface area contributed by atoms with E-state index in [1.165, 1.54) is 38.5 Å². The number of hydrogen-bond donors (Lipinski definition) is 2. The van der Waals surface area contributed by atoms with Crippen LogP contribution in [-0.4, -0.2) is 42.7 Å². The van der Waals surface area contributed by atoms with E-state index in [9.17, 15) is 9.90 Å². The summed E-state index contributed by atoms with van der Waals surface area (Å²) in [7, 11) is 0. The molecule has 1 aliphatic carbocycles. The van der Waals surface area contributed by atoms with Crippen molar-refractivity contribution in [2.75, 3.05) is 13.2 Å². The molecule has 3 rings (SSSR count). The third-order valence-corrected chi connectivity index (χ3v) is 6.15. The van der Waals surface area contributed by atoms with Crippen LogP contribution in [0.5, 0.6) is 0 Å². The molecule has 2 N–H and O–H groups in total. The molecule has 1 saturated carbocycles. The second-order valence-electron chi connectivity index (χ2n) is 7.94. The first kappa shape index (κ1) is 18.2. The van der Waals surface area contributed by atoms with Crippen molar-refractivity contribution in [3.63, 3.8) is 0 Å². The second-order valence-corrected chi connectivity index (χ2v) is 7.94. The maximum absolute atomic E-state index is 11.7. The minimum absolute atomic E-state index is 0.0634. The van der Waals surface area contributed by atoms with Gasteiger partial charge in [-0.1, -0.05) is 32.1 Å². The Kier molecular flexibility index (Phi) is 6.53. The van der Waals surface area contributed by atoms with Gasteiger partial charge in [0, 0.05) is 6.61 Å². The van der Waals surface area contributed by atoms with Crippen LogP contribution in [0.2, 0.25) is 0 Å². The average Bonchev–Trinajstić information content (AvgIpc) is 3.00. The largest absolute Gasteiger partial charge is 0.480 e. The van der Waals surface area contributed by atoms with Gasteiger partial charge in [0.15, 0.2) is 6.29 Å². The summed E-state index contributed by atoms with van der Waals surface area (Å²) in [5, 5.41) is 12.9. The van der Waals surface area contributed by atoms with E-state index in [1.807, 2.05) is 0 Å². The zero-order valence-corrected chi connectivity index (χ0v) is 14.9. The number of nitrogens with one attached hydrogen (secondary N) is 1. The predicted octanol–water partition coefficient (Wildman–Crippen LogP) is 3.18. The van der Waals surface area contributed by atoms with Gasteiger partial charge in [-0.25, -0.2) is 0 Å². The summed E-state index contributed by atoms with van der Waals surface area (Å²) < 4.78 is 11.8. The molecule has 0 aromatic heterocycles. The molecule has 5 heteroatoms. The third-order valence-electron chi connectivity index (χ3n) is 6.15. The van der Waals surface area contributed by atoms with Crippen LogP contribution in [0.1, 0.15) is 64.7 Å². The fourth-order valence-electron chi connectivity index (χ4n) is 5.05. The van der Waals surface area contributed by atoms with Crippen LogP contribution in [0.3, 0.4) is 0 Å². The molecule has 0 radical (unpaired) electrons. The Hall–Kier alpha value is -0.650. The molecule has 2 heterocycles. The average molecular weight is 339 g/mol. The molecule has 0 bridgehead atoms. The maximum Gasteiger partial charge on any atom is 0.321 e. The lowest BCUT2D eigenvalue weighted by molar-refractivity contribution is -0.188. The minimum Gasteiger partial charge on any atom is -0.480 e. The van der Waals surface area contributed by atoms with Crippen LogP contribution in [0, 0.1) is 17.8 Å². The van der Waals surface area contributed by atoms with E-state index in [4.69, 9.17) is 9.47 Å². The number of carbonyl (C=O) groups is 1. The number of ether oxygens (including phenoxy) is 2. The molecule has 4 unspecified atom stereocenters. The zero-order chi connectivity index (χ0) is 16.9. The molecule has 5 nitrogen and oxygen atoms in total. The van der Waals surface area contributed by atoms with Gasteiger partial charge in [-0.3, -0.25) is 4.79 Å². The van der Waals surface area contributed by atoms with E-state index >= 15 is 0 Å². The zero-order valence-electron chi connectivity index (χ0n) is 14.9. The van der Waals surface area contributed by atoms with Gasteiger partial charge >= 0.3 is 5.97 Å². The van der Waals surface area contributed by atoms with Crippen molar-refractivity contribution in [2.24, 2.45) is 17.8 Å². The Morgan fingerprint density at radius 3 is 2.62 bits per heavy atom. The highest BCUT2D eigenvalue weighted by Crippen LogP contribution is 2.40. The summed E-state index contributed by atoms with van der Waals surface area (Å²) in [6, 6.07) is -0.378. The summed E-state index contributed by atoms with van der Waals surface area (Å²) in [5.74, 6) is 0.518. The standard InChI is InChI=1S/C19H33NO4/c1-13(24-16-9-5-6-10-23-16)11-15-12-20-18(19(21)22)17(15)14-7-3-2-4-8-14/h13-18,20H,2-12H2,1H3,(H,21,22)/t13?,15?,16?,17?,18-/m0/s1. The molecular weight excluding hydrogens is 306 g/mol. The van der Waals surface area contributed by atoms with Crippen molar-refractivity contribution in [3.8, 4) is 0 Å². The van der Waals surface area contributed by atoms with Crippen molar-refractivity contribution >= 4 is 5.97 Å². The summed E-state index contributed by atoms with van der Waals surface area (Å²) >= 11 is 0. The van der Waals surface area contributed by atoms with Gasteiger partial charge in [-0.2, -0.15) is 0 Å². The summed E-state index contributed by atoms with van der Waals surface area (Å²) in [6.45, 7) is 3.72. The summed E-state index contributed by atoms with van der Waals surface area (Å²) in [5.41, 5.74) is 0.